The van der Waals surface area contributed by atoms with Crippen LogP contribution < -0.4 is 21.9 Å². The Morgan fingerprint density at radius 3 is 2.46 bits per heavy atom. The van der Waals surface area contributed by atoms with E-state index in [0.29, 0.717) is 41.0 Å². The van der Waals surface area contributed by atoms with Gasteiger partial charge in [-0.1, -0.05) is 24.6 Å². The van der Waals surface area contributed by atoms with Gasteiger partial charge in [0, 0.05) is 35.8 Å². The molecule has 2 amide bonds. The molecule has 8 nitrogen and oxygen atoms in total. The van der Waals surface area contributed by atoms with E-state index in [-0.39, 0.29) is 41.1 Å². The Labute approximate surface area is 215 Å². The van der Waals surface area contributed by atoms with Crippen LogP contribution in [0, 0.1) is 11.8 Å². The number of rotatable bonds is 7. The monoisotopic (exact) mass is 502 g/mol. The second kappa shape index (κ2) is 10.4. The first-order valence-electron chi connectivity index (χ1n) is 13.3. The van der Waals surface area contributed by atoms with Crippen molar-refractivity contribution < 1.29 is 9.59 Å². The first-order valence-corrected chi connectivity index (χ1v) is 13.3. The molecule has 0 aliphatic heterocycles. The number of carbonyl (C=O) groups is 2. The van der Waals surface area contributed by atoms with E-state index in [1.54, 1.807) is 34.9 Å². The summed E-state index contributed by atoms with van der Waals surface area (Å²) >= 11 is 0. The Kier molecular flexibility index (Phi) is 7.00. The molecule has 2 aliphatic rings. The largest absolute Gasteiger partial charge is 0.349 e. The van der Waals surface area contributed by atoms with Crippen LogP contribution in [0.5, 0.6) is 0 Å². The lowest BCUT2D eigenvalue weighted by atomic mass is 9.85. The highest BCUT2D eigenvalue weighted by Crippen LogP contribution is 2.30. The van der Waals surface area contributed by atoms with E-state index in [1.807, 2.05) is 32.0 Å². The Balaban J connectivity index is 1.34. The SMILES string of the molecule is CC(C)n1c(=O)n(CC2CC2)c(=O)c2cc(NC(=O)C3CCCC(NC(=O)c4ccccc4)C3)ccc21. The molecule has 0 spiro atoms. The molecular formula is C29H34N4O4. The minimum absolute atomic E-state index is 0.0658. The van der Waals surface area contributed by atoms with Crippen LogP contribution in [0.3, 0.4) is 0 Å². The smallest absolute Gasteiger partial charge is 0.331 e. The van der Waals surface area contributed by atoms with E-state index in [0.717, 1.165) is 32.1 Å². The van der Waals surface area contributed by atoms with Crippen molar-refractivity contribution in [2.75, 3.05) is 5.32 Å². The number of fused-ring (bicyclic) bond motifs is 1. The highest BCUT2D eigenvalue weighted by Gasteiger charge is 2.29. The molecule has 2 aliphatic carbocycles. The van der Waals surface area contributed by atoms with E-state index in [9.17, 15) is 19.2 Å². The van der Waals surface area contributed by atoms with Crippen molar-refractivity contribution in [2.45, 2.75) is 71.0 Å². The predicted octanol–water partition coefficient (Wildman–Crippen LogP) is 4.08. The number of benzene rings is 2. The molecule has 2 aromatic carbocycles. The van der Waals surface area contributed by atoms with Crippen LogP contribution >= 0.6 is 0 Å². The third-order valence-electron chi connectivity index (χ3n) is 7.51. The van der Waals surface area contributed by atoms with Crippen LogP contribution in [-0.4, -0.2) is 27.0 Å². The highest BCUT2D eigenvalue weighted by atomic mass is 16.2. The summed E-state index contributed by atoms with van der Waals surface area (Å²) in [6, 6.07) is 14.1. The normalized spacial score (nSPS) is 19.6. The summed E-state index contributed by atoms with van der Waals surface area (Å²) in [5.74, 6) is -0.0944. The summed E-state index contributed by atoms with van der Waals surface area (Å²) in [5, 5.41) is 6.49. The maximum Gasteiger partial charge on any atom is 0.331 e. The van der Waals surface area contributed by atoms with Gasteiger partial charge in [0.2, 0.25) is 5.91 Å². The quantitative estimate of drug-likeness (QED) is 0.508. The molecule has 8 heteroatoms. The number of hydrogen-bond donors (Lipinski definition) is 2. The molecular weight excluding hydrogens is 468 g/mol. The van der Waals surface area contributed by atoms with Crippen LogP contribution in [0.2, 0.25) is 0 Å². The summed E-state index contributed by atoms with van der Waals surface area (Å²) < 4.78 is 3.01. The predicted molar refractivity (Wildman–Crippen MR) is 144 cm³/mol. The zero-order valence-electron chi connectivity index (χ0n) is 21.4. The van der Waals surface area contributed by atoms with Crippen LogP contribution in [-0.2, 0) is 11.3 Å². The summed E-state index contributed by atoms with van der Waals surface area (Å²) in [6.45, 7) is 4.30. The molecule has 37 heavy (non-hydrogen) atoms. The van der Waals surface area contributed by atoms with Gasteiger partial charge in [0.05, 0.1) is 10.9 Å². The first kappa shape index (κ1) is 25.0. The molecule has 2 N–H and O–H groups in total. The number of anilines is 1. The summed E-state index contributed by atoms with van der Waals surface area (Å²) in [7, 11) is 0. The van der Waals surface area contributed by atoms with Crippen LogP contribution in [0.4, 0.5) is 5.69 Å². The minimum atomic E-state index is -0.304. The second-order valence-electron chi connectivity index (χ2n) is 10.7. The first-order chi connectivity index (χ1) is 17.8. The molecule has 2 atom stereocenters. The second-order valence-corrected chi connectivity index (χ2v) is 10.7. The van der Waals surface area contributed by atoms with Crippen LogP contribution in [0.15, 0.2) is 58.1 Å². The van der Waals surface area contributed by atoms with E-state index >= 15 is 0 Å². The van der Waals surface area contributed by atoms with Crippen molar-refractivity contribution in [1.29, 1.82) is 0 Å². The number of amides is 2. The number of carbonyl (C=O) groups excluding carboxylic acids is 2. The Morgan fingerprint density at radius 1 is 1.00 bits per heavy atom. The lowest BCUT2D eigenvalue weighted by Crippen LogP contribution is -2.41. The van der Waals surface area contributed by atoms with E-state index < -0.39 is 0 Å². The number of aromatic nitrogens is 2. The van der Waals surface area contributed by atoms with Gasteiger partial charge in [-0.3, -0.25) is 23.5 Å². The van der Waals surface area contributed by atoms with Gasteiger partial charge >= 0.3 is 5.69 Å². The van der Waals surface area contributed by atoms with Crippen molar-refractivity contribution >= 4 is 28.4 Å². The Morgan fingerprint density at radius 2 is 1.76 bits per heavy atom. The van der Waals surface area contributed by atoms with E-state index in [4.69, 9.17) is 0 Å². The average molecular weight is 503 g/mol. The zero-order chi connectivity index (χ0) is 26.1. The molecule has 5 rings (SSSR count). The van der Waals surface area contributed by atoms with Gasteiger partial charge in [0.15, 0.2) is 0 Å². The molecule has 1 aromatic heterocycles. The molecule has 2 saturated carbocycles. The fourth-order valence-corrected chi connectivity index (χ4v) is 5.34. The van der Waals surface area contributed by atoms with Gasteiger partial charge in [0.25, 0.3) is 11.5 Å². The molecule has 1 heterocycles. The van der Waals surface area contributed by atoms with Gasteiger partial charge in [-0.05, 0) is 82.2 Å². The summed E-state index contributed by atoms with van der Waals surface area (Å²) in [6.07, 6.45) is 5.08. The maximum atomic E-state index is 13.3. The van der Waals surface area contributed by atoms with E-state index in [2.05, 4.69) is 10.6 Å². The Bertz CT molecular complexity index is 1440. The lowest BCUT2D eigenvalue weighted by Gasteiger charge is -2.29. The molecule has 0 saturated heterocycles. The third-order valence-corrected chi connectivity index (χ3v) is 7.51. The van der Waals surface area contributed by atoms with E-state index in [1.165, 1.54) is 4.57 Å². The molecule has 2 fully saturated rings. The number of nitrogens with one attached hydrogen (secondary N) is 2. The van der Waals surface area contributed by atoms with Gasteiger partial charge in [-0.25, -0.2) is 4.79 Å². The average Bonchev–Trinajstić information content (AvgIpc) is 3.72. The molecule has 194 valence electrons. The van der Waals surface area contributed by atoms with Crippen LogP contribution in [0.25, 0.3) is 10.9 Å². The standard InChI is InChI=1S/C29H34N4O4/c1-18(2)33-25-14-13-23(16-24(25)28(36)32(29(33)37)17-19-11-12-19)31-27(35)21-9-6-10-22(15-21)30-26(34)20-7-4-3-5-8-20/h3-5,7-8,13-14,16,18-19,21-22H,6,9-12,15,17H2,1-2H3,(H,30,34)(H,31,35). The minimum Gasteiger partial charge on any atom is -0.349 e. The molecule has 3 aromatic rings. The van der Waals surface area contributed by atoms with Crippen molar-refractivity contribution in [2.24, 2.45) is 11.8 Å². The summed E-state index contributed by atoms with van der Waals surface area (Å²) in [5.41, 5.74) is 1.15. The number of hydrogen-bond acceptors (Lipinski definition) is 4. The van der Waals surface area contributed by atoms with Crippen molar-refractivity contribution in [3.8, 4) is 0 Å². The third kappa shape index (κ3) is 5.38. The fraction of sp³-hybridized carbons (Fsp3) is 0.448. The van der Waals surface area contributed by atoms with Crippen molar-refractivity contribution in [3.05, 3.63) is 74.9 Å². The number of nitrogens with zero attached hydrogens (tertiary/aromatic N) is 2. The van der Waals surface area contributed by atoms with Crippen LogP contribution in [0.1, 0.15) is 68.8 Å². The topological polar surface area (TPSA) is 102 Å². The zero-order valence-corrected chi connectivity index (χ0v) is 21.4. The Hall–Kier alpha value is -3.68. The molecule has 2 unspecified atom stereocenters. The fourth-order valence-electron chi connectivity index (χ4n) is 5.34. The van der Waals surface area contributed by atoms with Crippen molar-refractivity contribution in [1.82, 2.24) is 14.5 Å². The highest BCUT2D eigenvalue weighted by molar-refractivity contribution is 5.96. The summed E-state index contributed by atoms with van der Waals surface area (Å²) in [4.78, 5) is 52.1. The van der Waals surface area contributed by atoms with Gasteiger partial charge in [-0.15, -0.1) is 0 Å². The maximum absolute atomic E-state index is 13.3. The molecule has 0 bridgehead atoms. The molecule has 0 radical (unpaired) electrons. The van der Waals surface area contributed by atoms with Crippen molar-refractivity contribution in [3.63, 3.8) is 0 Å². The van der Waals surface area contributed by atoms with Gasteiger partial charge in [0.1, 0.15) is 0 Å². The van der Waals surface area contributed by atoms with Gasteiger partial charge < -0.3 is 10.6 Å². The van der Waals surface area contributed by atoms with Gasteiger partial charge in [-0.2, -0.15) is 0 Å². The lowest BCUT2D eigenvalue weighted by molar-refractivity contribution is -0.121.